The molecule has 1 amide bonds. The minimum atomic E-state index is -0.484. The third-order valence-corrected chi connectivity index (χ3v) is 4.61. The van der Waals surface area contributed by atoms with Gasteiger partial charge in [-0.2, -0.15) is 0 Å². The van der Waals surface area contributed by atoms with E-state index in [-0.39, 0.29) is 17.4 Å². The molecule has 0 fully saturated rings. The molecular formula is C19H20FNO2S. The highest BCUT2D eigenvalue weighted by molar-refractivity contribution is 8.00. The van der Waals surface area contributed by atoms with E-state index in [1.165, 1.54) is 24.6 Å². The van der Waals surface area contributed by atoms with E-state index in [4.69, 9.17) is 0 Å². The van der Waals surface area contributed by atoms with Gasteiger partial charge in [-0.25, -0.2) is 4.39 Å². The summed E-state index contributed by atoms with van der Waals surface area (Å²) in [4.78, 5) is 23.5. The number of Topliss-reactive ketones (excluding diaryl/α,β-unsaturated/α-hetero) is 1. The number of thioether (sulfide) groups is 1. The molecule has 2 rings (SSSR count). The Balaban J connectivity index is 1.92. The Labute approximate surface area is 145 Å². The summed E-state index contributed by atoms with van der Waals surface area (Å²) in [6, 6.07) is 12.0. The Morgan fingerprint density at radius 2 is 1.79 bits per heavy atom. The Bertz CT molecular complexity index is 742. The molecule has 0 heterocycles. The molecule has 1 N–H and O–H groups in total. The van der Waals surface area contributed by atoms with Crippen molar-refractivity contribution in [2.75, 3.05) is 11.1 Å². The van der Waals surface area contributed by atoms with Crippen LogP contribution in [-0.4, -0.2) is 17.4 Å². The van der Waals surface area contributed by atoms with E-state index in [0.29, 0.717) is 16.4 Å². The number of carbonyl (C=O) groups is 2. The fraction of sp³-hybridized carbons (Fsp3) is 0.263. The molecule has 3 nitrogen and oxygen atoms in total. The van der Waals surface area contributed by atoms with E-state index in [1.807, 2.05) is 24.3 Å². The van der Waals surface area contributed by atoms with Gasteiger partial charge in [0.05, 0.1) is 5.75 Å². The molecule has 0 aromatic heterocycles. The monoisotopic (exact) mass is 345 g/mol. The number of benzene rings is 2. The summed E-state index contributed by atoms with van der Waals surface area (Å²) in [7, 11) is 0. The van der Waals surface area contributed by atoms with Crippen molar-refractivity contribution in [2.24, 2.45) is 0 Å². The second-order valence-electron chi connectivity index (χ2n) is 5.81. The van der Waals surface area contributed by atoms with E-state index >= 15 is 0 Å². The second kappa shape index (κ2) is 8.11. The van der Waals surface area contributed by atoms with Crippen LogP contribution in [0.5, 0.6) is 0 Å². The van der Waals surface area contributed by atoms with Crippen molar-refractivity contribution in [3.63, 3.8) is 0 Å². The molecule has 24 heavy (non-hydrogen) atoms. The van der Waals surface area contributed by atoms with Crippen molar-refractivity contribution in [2.45, 2.75) is 31.6 Å². The smallest absolute Gasteiger partial charge is 0.234 e. The summed E-state index contributed by atoms with van der Waals surface area (Å²) >= 11 is 1.10. The fourth-order valence-electron chi connectivity index (χ4n) is 2.13. The van der Waals surface area contributed by atoms with Crippen LogP contribution in [0.2, 0.25) is 0 Å². The van der Waals surface area contributed by atoms with E-state index < -0.39 is 5.82 Å². The average molecular weight is 345 g/mol. The van der Waals surface area contributed by atoms with E-state index in [9.17, 15) is 14.0 Å². The lowest BCUT2D eigenvalue weighted by Gasteiger charge is -2.09. The summed E-state index contributed by atoms with van der Waals surface area (Å²) in [5, 5.41) is 2.79. The maximum absolute atomic E-state index is 13.9. The normalized spacial score (nSPS) is 10.7. The van der Waals surface area contributed by atoms with Crippen molar-refractivity contribution in [3.05, 3.63) is 59.4 Å². The lowest BCUT2D eigenvalue weighted by atomic mass is 10.0. The molecule has 0 unspecified atom stereocenters. The molecule has 0 bridgehead atoms. The fourth-order valence-corrected chi connectivity index (χ4v) is 2.85. The van der Waals surface area contributed by atoms with E-state index in [1.54, 1.807) is 6.07 Å². The topological polar surface area (TPSA) is 46.2 Å². The van der Waals surface area contributed by atoms with E-state index in [2.05, 4.69) is 19.2 Å². The van der Waals surface area contributed by atoms with Gasteiger partial charge in [-0.15, -0.1) is 11.8 Å². The molecule has 0 spiro atoms. The molecule has 0 saturated carbocycles. The Kier molecular flexibility index (Phi) is 6.15. The summed E-state index contributed by atoms with van der Waals surface area (Å²) in [6.45, 7) is 5.60. The van der Waals surface area contributed by atoms with Gasteiger partial charge in [0.1, 0.15) is 5.82 Å². The van der Waals surface area contributed by atoms with Crippen LogP contribution in [0.25, 0.3) is 0 Å². The molecule has 0 aliphatic heterocycles. The van der Waals surface area contributed by atoms with Gasteiger partial charge in [-0.05, 0) is 42.7 Å². The lowest BCUT2D eigenvalue weighted by molar-refractivity contribution is -0.113. The lowest BCUT2D eigenvalue weighted by Crippen LogP contribution is -2.14. The third kappa shape index (κ3) is 4.93. The first-order valence-corrected chi connectivity index (χ1v) is 8.68. The minimum Gasteiger partial charge on any atom is -0.325 e. The zero-order valence-electron chi connectivity index (χ0n) is 13.9. The number of hydrogen-bond donors (Lipinski definition) is 1. The Morgan fingerprint density at radius 1 is 1.12 bits per heavy atom. The summed E-state index contributed by atoms with van der Waals surface area (Å²) in [5.74, 6) is -0.337. The summed E-state index contributed by atoms with van der Waals surface area (Å²) < 4.78 is 13.9. The molecule has 0 radical (unpaired) electrons. The summed E-state index contributed by atoms with van der Waals surface area (Å²) in [5.41, 5.74) is 2.25. The van der Waals surface area contributed by atoms with Gasteiger partial charge in [0.15, 0.2) is 5.78 Å². The summed E-state index contributed by atoms with van der Waals surface area (Å²) in [6.07, 6.45) is 0. The molecule has 0 aliphatic carbocycles. The largest absolute Gasteiger partial charge is 0.325 e. The maximum atomic E-state index is 13.9. The number of amides is 1. The molecule has 2 aromatic rings. The van der Waals surface area contributed by atoms with E-state index in [0.717, 1.165) is 17.4 Å². The highest BCUT2D eigenvalue weighted by Crippen LogP contribution is 2.23. The number of hydrogen-bond acceptors (Lipinski definition) is 3. The number of ketones is 1. The van der Waals surface area contributed by atoms with Gasteiger partial charge < -0.3 is 5.32 Å². The zero-order valence-corrected chi connectivity index (χ0v) is 14.7. The molecule has 126 valence electrons. The molecular weight excluding hydrogens is 325 g/mol. The molecule has 0 saturated heterocycles. The Morgan fingerprint density at radius 3 is 2.33 bits per heavy atom. The van der Waals surface area contributed by atoms with Crippen molar-refractivity contribution < 1.29 is 14.0 Å². The first-order valence-electron chi connectivity index (χ1n) is 7.70. The number of halogens is 1. The SMILES string of the molecule is CC(=O)c1ccc(SCC(=O)Nc2ccc(C(C)C)cc2)c(F)c1. The van der Waals surface area contributed by atoms with Crippen LogP contribution in [0, 0.1) is 5.82 Å². The highest BCUT2D eigenvalue weighted by Gasteiger charge is 2.10. The van der Waals surface area contributed by atoms with Crippen LogP contribution in [0.4, 0.5) is 10.1 Å². The first kappa shape index (κ1) is 18.2. The number of rotatable bonds is 6. The molecule has 0 atom stereocenters. The molecule has 5 heteroatoms. The van der Waals surface area contributed by atoms with Gasteiger partial charge in [0.25, 0.3) is 0 Å². The van der Waals surface area contributed by atoms with Gasteiger partial charge in [0.2, 0.25) is 5.91 Å². The van der Waals surface area contributed by atoms with Crippen molar-refractivity contribution >= 4 is 29.1 Å². The first-order chi connectivity index (χ1) is 11.4. The van der Waals surface area contributed by atoms with Crippen LogP contribution in [0.3, 0.4) is 0 Å². The quantitative estimate of drug-likeness (QED) is 0.599. The number of carbonyl (C=O) groups excluding carboxylic acids is 2. The van der Waals surface area contributed by atoms with Crippen LogP contribution < -0.4 is 5.32 Å². The molecule has 0 aliphatic rings. The second-order valence-corrected chi connectivity index (χ2v) is 6.83. The van der Waals surface area contributed by atoms with Crippen molar-refractivity contribution in [1.82, 2.24) is 0 Å². The number of anilines is 1. The average Bonchev–Trinajstić information content (AvgIpc) is 2.54. The zero-order chi connectivity index (χ0) is 17.7. The van der Waals surface area contributed by atoms with Crippen LogP contribution in [0.15, 0.2) is 47.4 Å². The van der Waals surface area contributed by atoms with Crippen LogP contribution >= 0.6 is 11.8 Å². The Hall–Kier alpha value is -2.14. The van der Waals surface area contributed by atoms with Crippen LogP contribution in [-0.2, 0) is 4.79 Å². The van der Waals surface area contributed by atoms with Gasteiger partial charge in [-0.1, -0.05) is 32.0 Å². The predicted octanol–water partition coefficient (Wildman–Crippen LogP) is 4.88. The van der Waals surface area contributed by atoms with Crippen molar-refractivity contribution in [3.8, 4) is 0 Å². The standard InChI is InChI=1S/C19H20FNO2S/c1-12(2)14-4-7-16(8-5-14)21-19(23)11-24-18-9-6-15(13(3)22)10-17(18)20/h4-10,12H,11H2,1-3H3,(H,21,23). The highest BCUT2D eigenvalue weighted by atomic mass is 32.2. The maximum Gasteiger partial charge on any atom is 0.234 e. The third-order valence-electron chi connectivity index (χ3n) is 3.56. The van der Waals surface area contributed by atoms with Crippen molar-refractivity contribution in [1.29, 1.82) is 0 Å². The van der Waals surface area contributed by atoms with Crippen LogP contribution in [0.1, 0.15) is 42.6 Å². The van der Waals surface area contributed by atoms with Gasteiger partial charge in [0, 0.05) is 16.1 Å². The van der Waals surface area contributed by atoms with Gasteiger partial charge in [-0.3, -0.25) is 9.59 Å². The predicted molar refractivity (Wildman–Crippen MR) is 96.3 cm³/mol. The number of nitrogens with one attached hydrogen (secondary N) is 1. The minimum absolute atomic E-state index is 0.0995. The molecule has 2 aromatic carbocycles. The van der Waals surface area contributed by atoms with Gasteiger partial charge >= 0.3 is 0 Å².